The Balaban J connectivity index is 1.47. The van der Waals surface area contributed by atoms with E-state index in [1.54, 1.807) is 6.07 Å². The Labute approximate surface area is 171 Å². The second-order valence-electron chi connectivity index (χ2n) is 6.18. The molecule has 28 heavy (non-hydrogen) atoms. The number of carbonyl (C=O) groups excluding carboxylic acids is 2. The van der Waals surface area contributed by atoms with Gasteiger partial charge in [0.1, 0.15) is 0 Å². The van der Waals surface area contributed by atoms with Gasteiger partial charge in [0, 0.05) is 12.1 Å². The fraction of sp³-hybridized carbons (Fsp3) is 0.200. The predicted octanol–water partition coefficient (Wildman–Crippen LogP) is 3.82. The largest absolute Gasteiger partial charge is 0.351 e. The molecule has 2 aromatic carbocycles. The summed E-state index contributed by atoms with van der Waals surface area (Å²) >= 11 is 2.54. The molecule has 0 spiro atoms. The van der Waals surface area contributed by atoms with Crippen molar-refractivity contribution in [1.29, 1.82) is 0 Å². The van der Waals surface area contributed by atoms with E-state index >= 15 is 0 Å². The van der Waals surface area contributed by atoms with Crippen LogP contribution >= 0.6 is 23.1 Å². The zero-order valence-electron chi connectivity index (χ0n) is 15.6. The summed E-state index contributed by atoms with van der Waals surface area (Å²) in [6.07, 6.45) is 0. The molecule has 0 radical (unpaired) electrons. The van der Waals surface area contributed by atoms with Gasteiger partial charge in [0.15, 0.2) is 4.34 Å². The molecule has 0 aliphatic carbocycles. The van der Waals surface area contributed by atoms with Gasteiger partial charge in [0.25, 0.3) is 5.91 Å². The summed E-state index contributed by atoms with van der Waals surface area (Å²) in [6, 6.07) is 15.3. The maximum absolute atomic E-state index is 12.3. The van der Waals surface area contributed by atoms with Crippen LogP contribution in [0.25, 0.3) is 0 Å². The molecular formula is C20H20N4O2S2. The van der Waals surface area contributed by atoms with E-state index in [0.29, 0.717) is 21.6 Å². The molecule has 0 saturated heterocycles. The fourth-order valence-corrected chi connectivity index (χ4v) is 3.92. The molecule has 0 unspecified atom stereocenters. The second kappa shape index (κ2) is 9.48. The molecule has 0 fully saturated rings. The van der Waals surface area contributed by atoms with Gasteiger partial charge >= 0.3 is 0 Å². The monoisotopic (exact) mass is 412 g/mol. The first kappa shape index (κ1) is 20.0. The Morgan fingerprint density at radius 2 is 1.82 bits per heavy atom. The molecular weight excluding hydrogens is 392 g/mol. The lowest BCUT2D eigenvalue weighted by Crippen LogP contribution is -2.24. The Bertz CT molecular complexity index is 973. The van der Waals surface area contributed by atoms with Crippen LogP contribution in [0.4, 0.5) is 5.13 Å². The average molecular weight is 413 g/mol. The molecule has 0 atom stereocenters. The molecule has 3 aromatic rings. The molecule has 2 amide bonds. The Morgan fingerprint density at radius 1 is 1.04 bits per heavy atom. The van der Waals surface area contributed by atoms with E-state index in [4.69, 9.17) is 0 Å². The van der Waals surface area contributed by atoms with E-state index in [1.807, 2.05) is 56.3 Å². The van der Waals surface area contributed by atoms with Crippen molar-refractivity contribution in [2.45, 2.75) is 24.7 Å². The quantitative estimate of drug-likeness (QED) is 0.455. The highest BCUT2D eigenvalue weighted by atomic mass is 32.2. The third-order valence-electron chi connectivity index (χ3n) is 4.06. The van der Waals surface area contributed by atoms with Crippen LogP contribution in [0, 0.1) is 13.8 Å². The van der Waals surface area contributed by atoms with Crippen molar-refractivity contribution in [2.75, 3.05) is 11.1 Å². The smallest absolute Gasteiger partial charge is 0.257 e. The number of aromatic nitrogens is 2. The van der Waals surface area contributed by atoms with Crippen LogP contribution < -0.4 is 10.6 Å². The fourth-order valence-electron chi connectivity index (χ4n) is 2.35. The van der Waals surface area contributed by atoms with Gasteiger partial charge in [-0.2, -0.15) is 0 Å². The molecule has 0 bridgehead atoms. The van der Waals surface area contributed by atoms with Crippen LogP contribution in [-0.2, 0) is 11.3 Å². The molecule has 8 heteroatoms. The van der Waals surface area contributed by atoms with Gasteiger partial charge in [0.2, 0.25) is 11.0 Å². The molecule has 1 aromatic heterocycles. The highest BCUT2D eigenvalue weighted by Crippen LogP contribution is 2.25. The van der Waals surface area contributed by atoms with Crippen molar-refractivity contribution >= 4 is 40.0 Å². The van der Waals surface area contributed by atoms with Crippen LogP contribution in [0.2, 0.25) is 0 Å². The van der Waals surface area contributed by atoms with Crippen molar-refractivity contribution in [1.82, 2.24) is 15.5 Å². The number of aryl methyl sites for hydroxylation is 2. The molecule has 6 nitrogen and oxygen atoms in total. The third kappa shape index (κ3) is 5.64. The molecule has 3 rings (SSSR count). The molecule has 144 valence electrons. The number of hydrogen-bond donors (Lipinski definition) is 2. The lowest BCUT2D eigenvalue weighted by Gasteiger charge is -2.04. The Morgan fingerprint density at radius 3 is 2.57 bits per heavy atom. The van der Waals surface area contributed by atoms with Crippen molar-refractivity contribution in [3.8, 4) is 0 Å². The van der Waals surface area contributed by atoms with E-state index in [1.165, 1.54) is 23.1 Å². The SMILES string of the molecule is Cc1ccc(C(=O)Nc2nnc(SCC(=O)NCc3ccccc3)s2)cc1C. The summed E-state index contributed by atoms with van der Waals surface area (Å²) in [5.41, 5.74) is 3.82. The van der Waals surface area contributed by atoms with Gasteiger partial charge in [-0.3, -0.25) is 14.9 Å². The Kier molecular flexibility index (Phi) is 6.78. The number of nitrogens with zero attached hydrogens (tertiary/aromatic N) is 2. The lowest BCUT2D eigenvalue weighted by molar-refractivity contribution is -0.118. The van der Waals surface area contributed by atoms with Crippen LogP contribution in [0.15, 0.2) is 52.9 Å². The topological polar surface area (TPSA) is 84.0 Å². The molecule has 2 N–H and O–H groups in total. The van der Waals surface area contributed by atoms with Gasteiger partial charge in [-0.25, -0.2) is 0 Å². The first-order valence-electron chi connectivity index (χ1n) is 8.67. The standard InChI is InChI=1S/C20H20N4O2S2/c1-13-8-9-16(10-14(13)2)18(26)22-19-23-24-20(28-19)27-12-17(25)21-11-15-6-4-3-5-7-15/h3-10H,11-12H2,1-2H3,(H,21,25)(H,22,23,26). The first-order valence-corrected chi connectivity index (χ1v) is 10.5. The number of hydrogen-bond acceptors (Lipinski definition) is 6. The first-order chi connectivity index (χ1) is 13.5. The van der Waals surface area contributed by atoms with Gasteiger partial charge in [-0.15, -0.1) is 10.2 Å². The highest BCUT2D eigenvalue weighted by Gasteiger charge is 2.12. The van der Waals surface area contributed by atoms with E-state index in [0.717, 1.165) is 16.7 Å². The highest BCUT2D eigenvalue weighted by molar-refractivity contribution is 8.01. The third-order valence-corrected chi connectivity index (χ3v) is 6.03. The minimum atomic E-state index is -0.226. The lowest BCUT2D eigenvalue weighted by atomic mass is 10.1. The van der Waals surface area contributed by atoms with E-state index in [-0.39, 0.29) is 17.6 Å². The summed E-state index contributed by atoms with van der Waals surface area (Å²) in [5.74, 6) is -0.0618. The second-order valence-corrected chi connectivity index (χ2v) is 8.38. The zero-order valence-corrected chi connectivity index (χ0v) is 17.2. The minimum Gasteiger partial charge on any atom is -0.351 e. The summed E-state index contributed by atoms with van der Waals surface area (Å²) < 4.78 is 0.630. The Hall–Kier alpha value is -2.71. The number of amides is 2. The normalized spacial score (nSPS) is 10.5. The predicted molar refractivity (Wildman–Crippen MR) is 113 cm³/mol. The van der Waals surface area contributed by atoms with Crippen LogP contribution in [0.1, 0.15) is 27.0 Å². The van der Waals surface area contributed by atoms with Crippen LogP contribution in [0.5, 0.6) is 0 Å². The molecule has 1 heterocycles. The zero-order chi connectivity index (χ0) is 19.9. The number of anilines is 1. The number of thioether (sulfide) groups is 1. The summed E-state index contributed by atoms with van der Waals surface area (Å²) in [4.78, 5) is 24.3. The molecule has 0 aliphatic heterocycles. The van der Waals surface area contributed by atoms with Gasteiger partial charge in [0.05, 0.1) is 5.75 Å². The molecule has 0 aliphatic rings. The molecule has 0 saturated carbocycles. The van der Waals surface area contributed by atoms with Gasteiger partial charge < -0.3 is 5.32 Å². The summed E-state index contributed by atoms with van der Waals surface area (Å²) in [5, 5.41) is 14.0. The van der Waals surface area contributed by atoms with Gasteiger partial charge in [-0.1, -0.05) is 59.5 Å². The van der Waals surface area contributed by atoms with E-state index in [2.05, 4.69) is 20.8 Å². The number of nitrogens with one attached hydrogen (secondary N) is 2. The van der Waals surface area contributed by atoms with E-state index in [9.17, 15) is 9.59 Å². The number of rotatable bonds is 7. The van der Waals surface area contributed by atoms with Crippen molar-refractivity contribution in [2.24, 2.45) is 0 Å². The average Bonchev–Trinajstić information content (AvgIpc) is 3.15. The number of carbonyl (C=O) groups is 2. The number of benzene rings is 2. The van der Waals surface area contributed by atoms with Crippen molar-refractivity contribution < 1.29 is 9.59 Å². The minimum absolute atomic E-state index is 0.0789. The maximum atomic E-state index is 12.3. The maximum Gasteiger partial charge on any atom is 0.257 e. The van der Waals surface area contributed by atoms with Crippen LogP contribution in [-0.4, -0.2) is 27.8 Å². The van der Waals surface area contributed by atoms with Crippen LogP contribution in [0.3, 0.4) is 0 Å². The summed E-state index contributed by atoms with van der Waals surface area (Å²) in [6.45, 7) is 4.46. The van der Waals surface area contributed by atoms with Crippen molar-refractivity contribution in [3.63, 3.8) is 0 Å². The van der Waals surface area contributed by atoms with Crippen molar-refractivity contribution in [3.05, 3.63) is 70.8 Å². The summed E-state index contributed by atoms with van der Waals surface area (Å²) in [7, 11) is 0. The van der Waals surface area contributed by atoms with E-state index < -0.39 is 0 Å². The van der Waals surface area contributed by atoms with Gasteiger partial charge in [-0.05, 0) is 42.7 Å².